The maximum absolute atomic E-state index is 12.2. The van der Waals surface area contributed by atoms with Gasteiger partial charge in [0.05, 0.1) is 11.4 Å². The monoisotopic (exact) mass is 356 g/mol. The van der Waals surface area contributed by atoms with Crippen LogP contribution in [0.3, 0.4) is 0 Å². The number of hydrogen-bond acceptors (Lipinski definition) is 5. The van der Waals surface area contributed by atoms with E-state index in [1.54, 1.807) is 0 Å². The first-order valence-corrected chi connectivity index (χ1v) is 8.96. The minimum Gasteiger partial charge on any atom is -0.353 e. The second kappa shape index (κ2) is 8.49. The number of carbonyl (C=O) groups is 1. The minimum atomic E-state index is -0.502. The van der Waals surface area contributed by atoms with Crippen LogP contribution in [0.15, 0.2) is 34.2 Å². The minimum absolute atomic E-state index is 0.0303. The number of thioether (sulfide) groups is 1. The van der Waals surface area contributed by atoms with Crippen molar-refractivity contribution in [2.75, 3.05) is 5.75 Å². The number of aryl methyl sites for hydroxylation is 1. The number of benzene rings is 1. The normalized spacial score (nSPS) is 11.6. The third kappa shape index (κ3) is 4.94. The van der Waals surface area contributed by atoms with E-state index in [1.807, 2.05) is 51.1 Å². The standard InChI is InChI=1S/C18H20N4O2S/c1-4-12(3)20-15(23)10-25-18-21-16(14(9-19)17(24)22-18)13-7-5-11(2)6-8-13/h5-8,12H,4,10H2,1-3H3,(H,20,23)(H,21,22,24). The molecule has 0 bridgehead atoms. The number of aromatic nitrogens is 2. The Morgan fingerprint density at radius 2 is 2.08 bits per heavy atom. The number of nitriles is 1. The van der Waals surface area contributed by atoms with Gasteiger partial charge in [-0.05, 0) is 20.3 Å². The molecule has 0 fully saturated rings. The van der Waals surface area contributed by atoms with E-state index in [9.17, 15) is 14.9 Å². The highest BCUT2D eigenvalue weighted by Crippen LogP contribution is 2.22. The lowest BCUT2D eigenvalue weighted by Gasteiger charge is -2.11. The topological polar surface area (TPSA) is 98.6 Å². The molecule has 1 heterocycles. The van der Waals surface area contributed by atoms with Crippen molar-refractivity contribution in [3.8, 4) is 17.3 Å². The highest BCUT2D eigenvalue weighted by atomic mass is 32.2. The third-order valence-corrected chi connectivity index (χ3v) is 4.57. The van der Waals surface area contributed by atoms with Gasteiger partial charge in [-0.25, -0.2) is 4.98 Å². The molecule has 0 saturated heterocycles. The van der Waals surface area contributed by atoms with E-state index in [0.717, 1.165) is 23.7 Å². The first-order chi connectivity index (χ1) is 11.9. The van der Waals surface area contributed by atoms with E-state index in [0.29, 0.717) is 16.4 Å². The highest BCUT2D eigenvalue weighted by Gasteiger charge is 2.14. The van der Waals surface area contributed by atoms with Gasteiger partial charge in [-0.1, -0.05) is 48.5 Å². The van der Waals surface area contributed by atoms with Gasteiger partial charge in [0.2, 0.25) is 5.91 Å². The summed E-state index contributed by atoms with van der Waals surface area (Å²) in [6.45, 7) is 5.88. The molecule has 1 aromatic heterocycles. The van der Waals surface area contributed by atoms with E-state index < -0.39 is 5.56 Å². The summed E-state index contributed by atoms with van der Waals surface area (Å²) in [7, 11) is 0. The van der Waals surface area contributed by atoms with E-state index in [-0.39, 0.29) is 23.3 Å². The van der Waals surface area contributed by atoms with Gasteiger partial charge in [0, 0.05) is 11.6 Å². The number of H-pyrrole nitrogens is 1. The van der Waals surface area contributed by atoms with Crippen LogP contribution in [-0.2, 0) is 4.79 Å². The summed E-state index contributed by atoms with van der Waals surface area (Å²) < 4.78 is 0. The average molecular weight is 356 g/mol. The smallest absolute Gasteiger partial charge is 0.270 e. The van der Waals surface area contributed by atoms with Crippen LogP contribution in [0, 0.1) is 18.3 Å². The van der Waals surface area contributed by atoms with Crippen LogP contribution in [0.4, 0.5) is 0 Å². The molecule has 6 nitrogen and oxygen atoms in total. The van der Waals surface area contributed by atoms with Gasteiger partial charge in [0.25, 0.3) is 5.56 Å². The van der Waals surface area contributed by atoms with Crippen LogP contribution < -0.4 is 10.9 Å². The van der Waals surface area contributed by atoms with Crippen LogP contribution in [0.5, 0.6) is 0 Å². The van der Waals surface area contributed by atoms with Crippen molar-refractivity contribution in [1.82, 2.24) is 15.3 Å². The highest BCUT2D eigenvalue weighted by molar-refractivity contribution is 7.99. The van der Waals surface area contributed by atoms with Crippen molar-refractivity contribution in [3.05, 3.63) is 45.7 Å². The van der Waals surface area contributed by atoms with Crippen molar-refractivity contribution in [2.45, 2.75) is 38.4 Å². The summed E-state index contributed by atoms with van der Waals surface area (Å²) in [6, 6.07) is 9.44. The maximum atomic E-state index is 12.2. The van der Waals surface area contributed by atoms with Crippen LogP contribution in [0.2, 0.25) is 0 Å². The number of aromatic amines is 1. The van der Waals surface area contributed by atoms with Gasteiger partial charge in [-0.15, -0.1) is 0 Å². The molecule has 0 radical (unpaired) electrons. The second-order valence-corrected chi connectivity index (χ2v) is 6.70. The van der Waals surface area contributed by atoms with Gasteiger partial charge in [0.15, 0.2) is 5.16 Å². The molecule has 1 unspecified atom stereocenters. The summed E-state index contributed by atoms with van der Waals surface area (Å²) in [5.41, 5.74) is 1.56. The Bertz CT molecular complexity index is 853. The SMILES string of the molecule is CCC(C)NC(=O)CSc1nc(-c2ccc(C)cc2)c(C#N)c(=O)[nH]1. The largest absolute Gasteiger partial charge is 0.353 e. The van der Waals surface area contributed by atoms with Crippen molar-refractivity contribution >= 4 is 17.7 Å². The lowest BCUT2D eigenvalue weighted by molar-refractivity contribution is -0.119. The number of nitrogens with one attached hydrogen (secondary N) is 2. The summed E-state index contributed by atoms with van der Waals surface area (Å²) in [6.07, 6.45) is 0.847. The molecule has 1 aromatic carbocycles. The Morgan fingerprint density at radius 1 is 1.40 bits per heavy atom. The van der Waals surface area contributed by atoms with Crippen molar-refractivity contribution < 1.29 is 4.79 Å². The average Bonchev–Trinajstić information content (AvgIpc) is 2.60. The molecular formula is C18H20N4O2S. The van der Waals surface area contributed by atoms with Gasteiger partial charge in [-0.2, -0.15) is 5.26 Å². The number of hydrogen-bond donors (Lipinski definition) is 2. The summed E-state index contributed by atoms with van der Waals surface area (Å²) in [4.78, 5) is 31.0. The number of amides is 1. The molecule has 2 N–H and O–H groups in total. The lowest BCUT2D eigenvalue weighted by atomic mass is 10.1. The molecular weight excluding hydrogens is 336 g/mol. The van der Waals surface area contributed by atoms with Crippen LogP contribution in [0.25, 0.3) is 11.3 Å². The third-order valence-electron chi connectivity index (χ3n) is 3.69. The van der Waals surface area contributed by atoms with Crippen molar-refractivity contribution in [1.29, 1.82) is 5.26 Å². The second-order valence-electron chi connectivity index (χ2n) is 5.74. The molecule has 0 aliphatic rings. The molecule has 0 saturated carbocycles. The van der Waals surface area contributed by atoms with E-state index in [1.165, 1.54) is 0 Å². The Hall–Kier alpha value is -2.59. The predicted molar refractivity (Wildman–Crippen MR) is 98.4 cm³/mol. The fourth-order valence-corrected chi connectivity index (χ4v) is 2.77. The fourth-order valence-electron chi connectivity index (χ4n) is 2.10. The molecule has 2 aromatic rings. The van der Waals surface area contributed by atoms with Gasteiger partial charge < -0.3 is 10.3 Å². The number of carbonyl (C=O) groups excluding carboxylic acids is 1. The molecule has 2 rings (SSSR count). The first-order valence-electron chi connectivity index (χ1n) is 7.98. The van der Waals surface area contributed by atoms with Gasteiger partial charge >= 0.3 is 0 Å². The van der Waals surface area contributed by atoms with Crippen LogP contribution in [-0.4, -0.2) is 27.7 Å². The van der Waals surface area contributed by atoms with Gasteiger partial charge in [-0.3, -0.25) is 9.59 Å². The molecule has 7 heteroatoms. The number of nitrogens with zero attached hydrogens (tertiary/aromatic N) is 2. The molecule has 0 aliphatic carbocycles. The molecule has 1 atom stereocenters. The predicted octanol–water partition coefficient (Wildman–Crippen LogP) is 2.62. The van der Waals surface area contributed by atoms with Crippen LogP contribution >= 0.6 is 11.8 Å². The summed E-state index contributed by atoms with van der Waals surface area (Å²) in [5.74, 6) is 0.0234. The Kier molecular flexibility index (Phi) is 6.37. The Morgan fingerprint density at radius 3 is 2.68 bits per heavy atom. The first kappa shape index (κ1) is 18.7. The molecule has 25 heavy (non-hydrogen) atoms. The summed E-state index contributed by atoms with van der Waals surface area (Å²) in [5, 5.41) is 12.4. The Balaban J connectivity index is 2.26. The zero-order valence-electron chi connectivity index (χ0n) is 14.4. The molecule has 0 spiro atoms. The zero-order valence-corrected chi connectivity index (χ0v) is 15.2. The van der Waals surface area contributed by atoms with Gasteiger partial charge in [0.1, 0.15) is 11.6 Å². The Labute approximate surface area is 150 Å². The van der Waals surface area contributed by atoms with E-state index in [4.69, 9.17) is 0 Å². The fraction of sp³-hybridized carbons (Fsp3) is 0.333. The van der Waals surface area contributed by atoms with Crippen molar-refractivity contribution in [3.63, 3.8) is 0 Å². The van der Waals surface area contributed by atoms with Crippen LogP contribution in [0.1, 0.15) is 31.4 Å². The molecule has 130 valence electrons. The molecule has 1 amide bonds. The number of rotatable bonds is 6. The quantitative estimate of drug-likeness (QED) is 0.612. The zero-order chi connectivity index (χ0) is 18.4. The summed E-state index contributed by atoms with van der Waals surface area (Å²) >= 11 is 1.14. The lowest BCUT2D eigenvalue weighted by Crippen LogP contribution is -2.33. The van der Waals surface area contributed by atoms with E-state index >= 15 is 0 Å². The maximum Gasteiger partial charge on any atom is 0.270 e. The van der Waals surface area contributed by atoms with Crippen molar-refractivity contribution in [2.24, 2.45) is 0 Å². The molecule has 0 aliphatic heterocycles. The van der Waals surface area contributed by atoms with E-state index in [2.05, 4.69) is 15.3 Å².